The van der Waals surface area contributed by atoms with Gasteiger partial charge in [-0.05, 0) is 38.1 Å². The minimum absolute atomic E-state index is 0.251. The van der Waals surface area contributed by atoms with E-state index in [-0.39, 0.29) is 4.90 Å². The summed E-state index contributed by atoms with van der Waals surface area (Å²) >= 11 is 3.12. The van der Waals surface area contributed by atoms with Gasteiger partial charge in [-0.15, -0.1) is 0 Å². The fourth-order valence-corrected chi connectivity index (χ4v) is 4.06. The minimum atomic E-state index is -3.73. The molecule has 2 rings (SSSR count). The van der Waals surface area contributed by atoms with Gasteiger partial charge in [-0.25, -0.2) is 12.8 Å². The van der Waals surface area contributed by atoms with Gasteiger partial charge in [0.15, 0.2) is 0 Å². The van der Waals surface area contributed by atoms with Gasteiger partial charge in [-0.2, -0.15) is 4.31 Å². The van der Waals surface area contributed by atoms with Crippen molar-refractivity contribution in [3.05, 3.63) is 28.5 Å². The summed E-state index contributed by atoms with van der Waals surface area (Å²) < 4.78 is 40.4. The highest BCUT2D eigenvalue weighted by molar-refractivity contribution is 9.10. The fraction of sp³-hybridized carbons (Fsp3) is 0.500. The Bertz CT molecular complexity index is 557. The predicted molar refractivity (Wildman–Crippen MR) is 74.9 cm³/mol. The van der Waals surface area contributed by atoms with Crippen LogP contribution >= 0.6 is 15.9 Å². The van der Waals surface area contributed by atoms with Crippen molar-refractivity contribution in [2.24, 2.45) is 0 Å². The van der Waals surface area contributed by atoms with Gasteiger partial charge in [-0.1, -0.05) is 15.9 Å². The Morgan fingerprint density at radius 1 is 1.37 bits per heavy atom. The number of piperidine rings is 1. The summed E-state index contributed by atoms with van der Waals surface area (Å²) in [5.74, 6) is -0.717. The molecule has 0 spiro atoms. The molecule has 0 aliphatic carbocycles. The van der Waals surface area contributed by atoms with Crippen LogP contribution in [0.15, 0.2) is 27.6 Å². The van der Waals surface area contributed by atoms with Crippen molar-refractivity contribution in [3.8, 4) is 0 Å². The summed E-state index contributed by atoms with van der Waals surface area (Å²) in [6.07, 6.45) is 1.49. The van der Waals surface area contributed by atoms with Crippen molar-refractivity contribution < 1.29 is 12.8 Å². The topological polar surface area (TPSA) is 49.4 Å². The van der Waals surface area contributed by atoms with E-state index < -0.39 is 15.8 Å². The second-order valence-corrected chi connectivity index (χ2v) is 7.36. The van der Waals surface area contributed by atoms with Crippen LogP contribution in [0.5, 0.6) is 0 Å². The molecule has 0 bridgehead atoms. The largest absolute Gasteiger partial charge is 0.317 e. The molecule has 0 amide bonds. The van der Waals surface area contributed by atoms with Gasteiger partial charge in [0, 0.05) is 23.6 Å². The van der Waals surface area contributed by atoms with Crippen molar-refractivity contribution in [1.29, 1.82) is 0 Å². The Hall–Kier alpha value is -0.500. The van der Waals surface area contributed by atoms with Crippen LogP contribution in [0.25, 0.3) is 0 Å². The standard InChI is InChI=1S/C12H16BrFN2O2S/c1-15-10-4-6-16(7-5-10)19(17,18)12-3-2-9(13)8-11(12)14/h2-3,8,10,15H,4-7H2,1H3. The molecule has 7 heteroatoms. The highest BCUT2D eigenvalue weighted by Gasteiger charge is 2.30. The van der Waals surface area contributed by atoms with Gasteiger partial charge in [0.05, 0.1) is 0 Å². The monoisotopic (exact) mass is 350 g/mol. The lowest BCUT2D eigenvalue weighted by Gasteiger charge is -2.31. The molecule has 0 radical (unpaired) electrons. The molecule has 1 aromatic carbocycles. The van der Waals surface area contributed by atoms with E-state index in [1.165, 1.54) is 22.5 Å². The number of hydrogen-bond acceptors (Lipinski definition) is 3. The van der Waals surface area contributed by atoms with Crippen molar-refractivity contribution in [2.75, 3.05) is 20.1 Å². The minimum Gasteiger partial charge on any atom is -0.317 e. The van der Waals surface area contributed by atoms with E-state index in [4.69, 9.17) is 0 Å². The van der Waals surface area contributed by atoms with Crippen LogP contribution in [0.3, 0.4) is 0 Å². The Morgan fingerprint density at radius 2 is 2.00 bits per heavy atom. The molecule has 1 aromatic rings. The zero-order chi connectivity index (χ0) is 14.0. The maximum Gasteiger partial charge on any atom is 0.245 e. The third kappa shape index (κ3) is 3.16. The molecular formula is C12H16BrFN2O2S. The second kappa shape index (κ2) is 5.87. The molecule has 1 saturated heterocycles. The summed E-state index contributed by atoms with van der Waals surface area (Å²) in [4.78, 5) is -0.251. The maximum atomic E-state index is 13.8. The van der Waals surface area contributed by atoms with Gasteiger partial charge < -0.3 is 5.32 Å². The predicted octanol–water partition coefficient (Wildman–Crippen LogP) is 1.96. The van der Waals surface area contributed by atoms with Crippen LogP contribution in [0.1, 0.15) is 12.8 Å². The normalized spacial score (nSPS) is 18.7. The number of rotatable bonds is 3. The zero-order valence-corrected chi connectivity index (χ0v) is 13.0. The van der Waals surface area contributed by atoms with E-state index in [1.807, 2.05) is 7.05 Å². The molecule has 4 nitrogen and oxygen atoms in total. The van der Waals surface area contributed by atoms with Crippen molar-refractivity contribution in [1.82, 2.24) is 9.62 Å². The molecule has 0 atom stereocenters. The molecule has 106 valence electrons. The van der Waals surface area contributed by atoms with Gasteiger partial charge in [-0.3, -0.25) is 0 Å². The van der Waals surface area contributed by atoms with Crippen LogP contribution in [0.2, 0.25) is 0 Å². The Labute approximate surface area is 121 Å². The summed E-state index contributed by atoms with van der Waals surface area (Å²) in [6, 6.07) is 4.35. The number of benzene rings is 1. The first-order chi connectivity index (χ1) is 8.95. The van der Waals surface area contributed by atoms with Gasteiger partial charge in [0.25, 0.3) is 0 Å². The molecule has 1 aliphatic heterocycles. The number of nitrogens with zero attached hydrogens (tertiary/aromatic N) is 1. The van der Waals surface area contributed by atoms with Crippen LogP contribution in [0.4, 0.5) is 4.39 Å². The summed E-state index contributed by atoms with van der Waals surface area (Å²) in [5, 5.41) is 3.13. The lowest BCUT2D eigenvalue weighted by molar-refractivity contribution is 0.297. The Kier molecular flexibility index (Phi) is 4.60. The third-order valence-electron chi connectivity index (χ3n) is 3.37. The molecule has 0 aromatic heterocycles. The lowest BCUT2D eigenvalue weighted by Crippen LogP contribution is -2.44. The van der Waals surface area contributed by atoms with Crippen LogP contribution in [0, 0.1) is 5.82 Å². The fourth-order valence-electron chi connectivity index (χ4n) is 2.21. The SMILES string of the molecule is CNC1CCN(S(=O)(=O)c2ccc(Br)cc2F)CC1. The van der Waals surface area contributed by atoms with Gasteiger partial charge in [0.2, 0.25) is 10.0 Å². The molecule has 1 heterocycles. The molecule has 1 aliphatic rings. The van der Waals surface area contributed by atoms with E-state index in [2.05, 4.69) is 21.2 Å². The highest BCUT2D eigenvalue weighted by Crippen LogP contribution is 2.25. The van der Waals surface area contributed by atoms with Gasteiger partial charge >= 0.3 is 0 Å². The number of halogens is 2. The number of hydrogen-bond donors (Lipinski definition) is 1. The second-order valence-electron chi connectivity index (χ2n) is 4.54. The van der Waals surface area contributed by atoms with E-state index in [1.54, 1.807) is 0 Å². The Balaban J connectivity index is 2.23. The number of sulfonamides is 1. The molecule has 1 N–H and O–H groups in total. The quantitative estimate of drug-likeness (QED) is 0.906. The summed E-state index contributed by atoms with van der Waals surface area (Å²) in [6.45, 7) is 0.840. The first-order valence-corrected chi connectivity index (χ1v) is 8.31. The summed E-state index contributed by atoms with van der Waals surface area (Å²) in [7, 11) is -1.87. The van der Waals surface area contributed by atoms with Crippen molar-refractivity contribution >= 4 is 26.0 Å². The first kappa shape index (κ1) is 14.9. The van der Waals surface area contributed by atoms with Gasteiger partial charge in [0.1, 0.15) is 10.7 Å². The average Bonchev–Trinajstić information content (AvgIpc) is 2.38. The van der Waals surface area contributed by atoms with Crippen molar-refractivity contribution in [2.45, 2.75) is 23.8 Å². The smallest absolute Gasteiger partial charge is 0.245 e. The van der Waals surface area contributed by atoms with E-state index in [0.29, 0.717) is 23.6 Å². The van der Waals surface area contributed by atoms with Crippen LogP contribution < -0.4 is 5.32 Å². The Morgan fingerprint density at radius 3 is 2.53 bits per heavy atom. The number of nitrogens with one attached hydrogen (secondary N) is 1. The zero-order valence-electron chi connectivity index (χ0n) is 10.6. The van der Waals surface area contributed by atoms with Crippen LogP contribution in [-0.2, 0) is 10.0 Å². The molecule has 19 heavy (non-hydrogen) atoms. The maximum absolute atomic E-state index is 13.8. The lowest BCUT2D eigenvalue weighted by atomic mass is 10.1. The molecular weight excluding hydrogens is 335 g/mol. The summed E-state index contributed by atoms with van der Waals surface area (Å²) in [5.41, 5.74) is 0. The van der Waals surface area contributed by atoms with Crippen LogP contribution in [-0.4, -0.2) is 38.9 Å². The average molecular weight is 351 g/mol. The molecule has 1 fully saturated rings. The first-order valence-electron chi connectivity index (χ1n) is 6.07. The highest BCUT2D eigenvalue weighted by atomic mass is 79.9. The van der Waals surface area contributed by atoms with E-state index >= 15 is 0 Å². The van der Waals surface area contributed by atoms with E-state index in [9.17, 15) is 12.8 Å². The van der Waals surface area contributed by atoms with E-state index in [0.717, 1.165) is 12.8 Å². The molecule has 0 unspecified atom stereocenters. The third-order valence-corrected chi connectivity index (χ3v) is 5.80. The van der Waals surface area contributed by atoms with Crippen molar-refractivity contribution in [3.63, 3.8) is 0 Å². The molecule has 0 saturated carbocycles.